The predicted molar refractivity (Wildman–Crippen MR) is 117 cm³/mol. The third kappa shape index (κ3) is 4.75. The smallest absolute Gasteiger partial charge is 0.249 e. The van der Waals surface area contributed by atoms with E-state index in [1.54, 1.807) is 41.1 Å². The van der Waals surface area contributed by atoms with Crippen LogP contribution in [0.1, 0.15) is 11.3 Å². The molecule has 0 spiro atoms. The maximum Gasteiger partial charge on any atom is 0.249 e. The minimum Gasteiger partial charge on any atom is -0.493 e. The van der Waals surface area contributed by atoms with Crippen molar-refractivity contribution in [2.45, 2.75) is 6.92 Å². The van der Waals surface area contributed by atoms with Gasteiger partial charge in [-0.25, -0.2) is 4.68 Å². The number of hydrogen-bond donors (Lipinski definition) is 1. The third-order valence-corrected chi connectivity index (χ3v) is 4.48. The van der Waals surface area contributed by atoms with E-state index >= 15 is 0 Å². The van der Waals surface area contributed by atoms with Crippen LogP contribution in [0.25, 0.3) is 11.8 Å². The van der Waals surface area contributed by atoms with Crippen molar-refractivity contribution in [3.8, 4) is 22.9 Å². The summed E-state index contributed by atoms with van der Waals surface area (Å²) in [6, 6.07) is 12.5. The molecule has 3 aromatic rings. The van der Waals surface area contributed by atoms with Gasteiger partial charge in [0, 0.05) is 17.2 Å². The van der Waals surface area contributed by atoms with Crippen molar-refractivity contribution in [3.63, 3.8) is 0 Å². The second-order valence-electron chi connectivity index (χ2n) is 6.34. The quantitative estimate of drug-likeness (QED) is 0.561. The Balaban J connectivity index is 1.82. The first-order valence-corrected chi connectivity index (χ1v) is 9.44. The van der Waals surface area contributed by atoms with Gasteiger partial charge in [0.1, 0.15) is 5.82 Å². The average molecular weight is 428 g/mol. The van der Waals surface area contributed by atoms with Gasteiger partial charge in [0.05, 0.1) is 32.7 Å². The molecule has 1 N–H and O–H groups in total. The van der Waals surface area contributed by atoms with Gasteiger partial charge in [0.25, 0.3) is 0 Å². The van der Waals surface area contributed by atoms with Gasteiger partial charge in [-0.15, -0.1) is 0 Å². The lowest BCUT2D eigenvalue weighted by molar-refractivity contribution is -0.111. The maximum atomic E-state index is 12.5. The number of benzene rings is 2. The van der Waals surface area contributed by atoms with Gasteiger partial charge < -0.3 is 19.5 Å². The Hall–Kier alpha value is -3.45. The molecule has 0 aliphatic carbocycles. The highest BCUT2D eigenvalue weighted by Gasteiger charge is 2.13. The molecule has 7 nitrogen and oxygen atoms in total. The summed E-state index contributed by atoms with van der Waals surface area (Å²) in [6.45, 7) is 1.85. The Morgan fingerprint density at radius 1 is 1.07 bits per heavy atom. The van der Waals surface area contributed by atoms with Gasteiger partial charge in [-0.05, 0) is 48.9 Å². The van der Waals surface area contributed by atoms with Crippen LogP contribution in [0, 0.1) is 6.92 Å². The summed E-state index contributed by atoms with van der Waals surface area (Å²) in [4.78, 5) is 12.5. The first kappa shape index (κ1) is 21.3. The van der Waals surface area contributed by atoms with Crippen LogP contribution < -0.4 is 19.5 Å². The molecular formula is C22H22ClN3O4. The monoisotopic (exact) mass is 427 g/mol. The molecular weight excluding hydrogens is 406 g/mol. The van der Waals surface area contributed by atoms with Crippen LogP contribution in [0.4, 0.5) is 5.82 Å². The normalized spacial score (nSPS) is 10.8. The lowest BCUT2D eigenvalue weighted by Gasteiger charge is -2.12. The van der Waals surface area contributed by atoms with Gasteiger partial charge in [-0.3, -0.25) is 4.79 Å². The molecule has 8 heteroatoms. The summed E-state index contributed by atoms with van der Waals surface area (Å²) in [7, 11) is 4.61. The Morgan fingerprint density at radius 2 is 1.77 bits per heavy atom. The summed E-state index contributed by atoms with van der Waals surface area (Å²) >= 11 is 6.08. The summed E-state index contributed by atoms with van der Waals surface area (Å²) in [5.41, 5.74) is 2.23. The zero-order chi connectivity index (χ0) is 21.7. The van der Waals surface area contributed by atoms with E-state index in [9.17, 15) is 4.79 Å². The maximum absolute atomic E-state index is 12.5. The van der Waals surface area contributed by atoms with Gasteiger partial charge in [-0.2, -0.15) is 5.10 Å². The SMILES string of the molecule is COc1cc(/C=C/C(=O)Nc2cc(C)nn2-c2cccc(Cl)c2)cc(OC)c1OC. The van der Waals surface area contributed by atoms with Crippen LogP contribution in [-0.4, -0.2) is 37.0 Å². The number of anilines is 1. The van der Waals surface area contributed by atoms with E-state index in [4.69, 9.17) is 25.8 Å². The van der Waals surface area contributed by atoms with E-state index in [0.717, 1.165) is 16.9 Å². The zero-order valence-corrected chi connectivity index (χ0v) is 17.9. The molecule has 0 aliphatic rings. The molecule has 30 heavy (non-hydrogen) atoms. The van der Waals surface area contributed by atoms with Crippen molar-refractivity contribution in [1.82, 2.24) is 9.78 Å². The molecule has 0 saturated heterocycles. The van der Waals surface area contributed by atoms with Gasteiger partial charge in [0.15, 0.2) is 11.5 Å². The van der Waals surface area contributed by atoms with Gasteiger partial charge in [-0.1, -0.05) is 17.7 Å². The van der Waals surface area contributed by atoms with Crippen LogP contribution in [0.3, 0.4) is 0 Å². The first-order valence-electron chi connectivity index (χ1n) is 9.07. The Kier molecular flexibility index (Phi) is 6.64. The number of nitrogens with one attached hydrogen (secondary N) is 1. The van der Waals surface area contributed by atoms with Crippen molar-refractivity contribution in [2.24, 2.45) is 0 Å². The molecule has 156 valence electrons. The fourth-order valence-electron chi connectivity index (χ4n) is 2.93. The predicted octanol–water partition coefficient (Wildman–Crippen LogP) is 4.51. The molecule has 1 amide bonds. The number of nitrogens with zero attached hydrogens (tertiary/aromatic N) is 2. The van der Waals surface area contributed by atoms with Crippen molar-refractivity contribution in [1.29, 1.82) is 0 Å². The van der Waals surface area contributed by atoms with Crippen LogP contribution >= 0.6 is 11.6 Å². The number of halogens is 1. The second-order valence-corrected chi connectivity index (χ2v) is 6.78. The highest BCUT2D eigenvalue weighted by molar-refractivity contribution is 6.30. The summed E-state index contributed by atoms with van der Waals surface area (Å²) < 4.78 is 17.6. The van der Waals surface area contributed by atoms with E-state index in [1.807, 2.05) is 19.1 Å². The van der Waals surface area contributed by atoms with Crippen LogP contribution in [0.5, 0.6) is 17.2 Å². The Bertz CT molecular complexity index is 1070. The van der Waals surface area contributed by atoms with Crippen molar-refractivity contribution >= 4 is 29.4 Å². The largest absolute Gasteiger partial charge is 0.493 e. The highest BCUT2D eigenvalue weighted by Crippen LogP contribution is 2.38. The molecule has 0 atom stereocenters. The fraction of sp³-hybridized carbons (Fsp3) is 0.182. The number of ether oxygens (including phenoxy) is 3. The minimum atomic E-state index is -0.313. The molecule has 0 fully saturated rings. The molecule has 0 saturated carbocycles. The van der Waals surface area contributed by atoms with E-state index < -0.39 is 0 Å². The standard InChI is InChI=1S/C22H22ClN3O4/c1-14-10-20(26(25-14)17-7-5-6-16(23)13-17)24-21(27)9-8-15-11-18(28-2)22(30-4)19(12-15)29-3/h5-13H,1-4H3,(H,24,27)/b9-8+. The summed E-state index contributed by atoms with van der Waals surface area (Å²) in [5.74, 6) is 1.72. The van der Waals surface area contributed by atoms with E-state index in [1.165, 1.54) is 27.4 Å². The minimum absolute atomic E-state index is 0.313. The second kappa shape index (κ2) is 9.37. The lowest BCUT2D eigenvalue weighted by atomic mass is 10.1. The summed E-state index contributed by atoms with van der Waals surface area (Å²) in [5, 5.41) is 7.86. The van der Waals surface area contributed by atoms with Crippen molar-refractivity contribution in [2.75, 3.05) is 26.6 Å². The molecule has 0 aliphatic heterocycles. The number of hydrogen-bond acceptors (Lipinski definition) is 5. The lowest BCUT2D eigenvalue weighted by Crippen LogP contribution is -2.12. The number of carbonyl (C=O) groups is 1. The van der Waals surface area contributed by atoms with E-state index in [0.29, 0.717) is 28.1 Å². The third-order valence-electron chi connectivity index (χ3n) is 4.25. The molecule has 0 radical (unpaired) electrons. The van der Waals surface area contributed by atoms with Crippen molar-refractivity contribution in [3.05, 3.63) is 64.8 Å². The van der Waals surface area contributed by atoms with Crippen LogP contribution in [0.15, 0.2) is 48.5 Å². The molecule has 3 rings (SSSR count). The number of amides is 1. The van der Waals surface area contributed by atoms with Gasteiger partial charge in [0.2, 0.25) is 11.7 Å². The molecule has 1 heterocycles. The number of aryl methyl sites for hydroxylation is 1. The number of rotatable bonds is 7. The molecule has 2 aromatic carbocycles. The number of methoxy groups -OCH3 is 3. The summed E-state index contributed by atoms with van der Waals surface area (Å²) in [6.07, 6.45) is 3.08. The van der Waals surface area contributed by atoms with Crippen LogP contribution in [0.2, 0.25) is 5.02 Å². The highest BCUT2D eigenvalue weighted by atomic mass is 35.5. The molecule has 1 aromatic heterocycles. The fourth-order valence-corrected chi connectivity index (χ4v) is 3.12. The van der Waals surface area contributed by atoms with Gasteiger partial charge >= 0.3 is 0 Å². The molecule has 0 unspecified atom stereocenters. The number of aromatic nitrogens is 2. The number of carbonyl (C=O) groups excluding carboxylic acids is 1. The topological polar surface area (TPSA) is 74.6 Å². The zero-order valence-electron chi connectivity index (χ0n) is 17.1. The Labute approximate surface area is 179 Å². The van der Waals surface area contributed by atoms with Crippen LogP contribution in [-0.2, 0) is 4.79 Å². The van der Waals surface area contributed by atoms with E-state index in [2.05, 4.69) is 10.4 Å². The van der Waals surface area contributed by atoms with Crippen molar-refractivity contribution < 1.29 is 19.0 Å². The Morgan fingerprint density at radius 3 is 2.37 bits per heavy atom. The molecule has 0 bridgehead atoms. The van der Waals surface area contributed by atoms with E-state index in [-0.39, 0.29) is 5.91 Å². The average Bonchev–Trinajstić information content (AvgIpc) is 3.11. The first-order chi connectivity index (χ1) is 14.4.